The Hall–Kier alpha value is -4.58. The van der Waals surface area contributed by atoms with Crippen molar-refractivity contribution in [3.8, 4) is 5.75 Å². The number of morpholine rings is 1. The Morgan fingerprint density at radius 1 is 1.02 bits per heavy atom. The van der Waals surface area contributed by atoms with Gasteiger partial charge in [0.1, 0.15) is 10.6 Å². The minimum Gasteiger partial charge on any atom is -0.495 e. The summed E-state index contributed by atoms with van der Waals surface area (Å²) in [5.74, 6) is -1.08. The van der Waals surface area contributed by atoms with Gasteiger partial charge < -0.3 is 19.5 Å². The number of amides is 1. The van der Waals surface area contributed by atoms with Gasteiger partial charge in [-0.1, -0.05) is 48.0 Å². The molecule has 46 heavy (non-hydrogen) atoms. The van der Waals surface area contributed by atoms with Gasteiger partial charge in [-0.3, -0.25) is 4.79 Å². The molecule has 0 atom stereocenters. The molecule has 1 N–H and O–H groups in total. The number of rotatable bonds is 8. The number of para-hydroxylation sites is 1. The quantitative estimate of drug-likeness (QED) is 0.259. The lowest BCUT2D eigenvalue weighted by Crippen LogP contribution is -2.40. The van der Waals surface area contributed by atoms with Gasteiger partial charge in [-0.2, -0.15) is 4.31 Å². The van der Waals surface area contributed by atoms with Crippen molar-refractivity contribution in [3.05, 3.63) is 94.7 Å². The lowest BCUT2D eigenvalue weighted by Gasteiger charge is -2.26. The number of fused-ring (bicyclic) bond motifs is 2. The standard InChI is InChI=1S/C35H35N3O7S/c1-23-10-12-24(13-11-23)20-25-6-5-8-28-33(27-7-3-4-9-29(27)37-34(25)28)35(40)45-22-32(39)36-26-14-15-30(43-2)31(21-26)46(41,42)38-16-18-44-19-17-38/h3-4,7,9-15,20-21H,5-6,8,16-19,22H2,1-2H3,(H,36,39)/b25-20+. The summed E-state index contributed by atoms with van der Waals surface area (Å²) in [5, 5.41) is 3.32. The van der Waals surface area contributed by atoms with Gasteiger partial charge in [0.2, 0.25) is 10.0 Å². The van der Waals surface area contributed by atoms with E-state index in [9.17, 15) is 18.0 Å². The molecule has 0 saturated carbocycles. The molecule has 1 aromatic heterocycles. The van der Waals surface area contributed by atoms with Crippen molar-refractivity contribution in [1.82, 2.24) is 9.29 Å². The number of aromatic nitrogens is 1. The van der Waals surface area contributed by atoms with Gasteiger partial charge in [0.15, 0.2) is 6.61 Å². The molecule has 0 bridgehead atoms. The Labute approximate surface area is 268 Å². The number of nitrogens with zero attached hydrogens (tertiary/aromatic N) is 2. The number of sulfonamides is 1. The summed E-state index contributed by atoms with van der Waals surface area (Å²) in [4.78, 5) is 31.5. The third-order valence-corrected chi connectivity index (χ3v) is 10.1. The molecule has 1 amide bonds. The molecule has 238 valence electrons. The van der Waals surface area contributed by atoms with E-state index in [-0.39, 0.29) is 29.4 Å². The van der Waals surface area contributed by atoms with E-state index in [1.807, 2.05) is 31.2 Å². The van der Waals surface area contributed by atoms with Gasteiger partial charge >= 0.3 is 5.97 Å². The number of pyridine rings is 1. The summed E-state index contributed by atoms with van der Waals surface area (Å²) in [7, 11) is -2.52. The molecule has 4 aromatic rings. The largest absolute Gasteiger partial charge is 0.495 e. The van der Waals surface area contributed by atoms with Crippen LogP contribution in [0, 0.1) is 6.92 Å². The summed E-state index contributed by atoms with van der Waals surface area (Å²) < 4.78 is 44.2. The third kappa shape index (κ3) is 6.53. The monoisotopic (exact) mass is 641 g/mol. The second-order valence-corrected chi connectivity index (χ2v) is 13.2. The van der Waals surface area contributed by atoms with E-state index >= 15 is 0 Å². The van der Waals surface area contributed by atoms with E-state index < -0.39 is 28.5 Å². The Bertz CT molecular complexity index is 1930. The number of benzene rings is 3. The molecule has 2 heterocycles. The van der Waals surface area contributed by atoms with Crippen molar-refractivity contribution in [2.24, 2.45) is 0 Å². The average molecular weight is 642 g/mol. The first-order valence-electron chi connectivity index (χ1n) is 15.2. The summed E-state index contributed by atoms with van der Waals surface area (Å²) in [5.41, 5.74) is 6.17. The van der Waals surface area contributed by atoms with Crippen molar-refractivity contribution in [3.63, 3.8) is 0 Å². The number of aryl methyl sites for hydroxylation is 1. The Morgan fingerprint density at radius 2 is 1.78 bits per heavy atom. The van der Waals surface area contributed by atoms with E-state index in [4.69, 9.17) is 19.2 Å². The van der Waals surface area contributed by atoms with Gasteiger partial charge in [0.05, 0.1) is 37.1 Å². The Balaban J connectivity index is 1.23. The van der Waals surface area contributed by atoms with E-state index in [0.717, 1.165) is 35.2 Å². The van der Waals surface area contributed by atoms with Gasteiger partial charge in [-0.05, 0) is 73.2 Å². The fourth-order valence-electron chi connectivity index (χ4n) is 5.85. The second-order valence-electron chi connectivity index (χ2n) is 11.3. The second kappa shape index (κ2) is 13.4. The minimum atomic E-state index is -3.90. The molecule has 11 heteroatoms. The van der Waals surface area contributed by atoms with Crippen LogP contribution in [0.15, 0.2) is 71.6 Å². The van der Waals surface area contributed by atoms with E-state index in [1.54, 1.807) is 0 Å². The first kappa shape index (κ1) is 31.4. The fraction of sp³-hybridized carbons (Fsp3) is 0.286. The van der Waals surface area contributed by atoms with Crippen molar-refractivity contribution < 1.29 is 32.2 Å². The molecule has 1 fully saturated rings. The van der Waals surface area contributed by atoms with Crippen LogP contribution in [0.4, 0.5) is 5.69 Å². The van der Waals surface area contributed by atoms with Crippen molar-refractivity contribution >= 4 is 50.1 Å². The number of ether oxygens (including phenoxy) is 3. The van der Waals surface area contributed by atoms with E-state index in [0.29, 0.717) is 36.1 Å². The molecule has 0 unspecified atom stereocenters. The van der Waals surface area contributed by atoms with Crippen molar-refractivity contribution in [2.45, 2.75) is 31.1 Å². The maximum atomic E-state index is 13.7. The molecule has 1 saturated heterocycles. The predicted octanol–water partition coefficient (Wildman–Crippen LogP) is 5.25. The first-order chi connectivity index (χ1) is 22.2. The molecule has 0 radical (unpaired) electrons. The van der Waals surface area contributed by atoms with Crippen LogP contribution in [-0.4, -0.2) is 69.6 Å². The molecule has 0 spiro atoms. The topological polar surface area (TPSA) is 124 Å². The van der Waals surface area contributed by atoms with Crippen LogP contribution in [0.5, 0.6) is 5.75 Å². The maximum absolute atomic E-state index is 13.7. The molecule has 1 aliphatic carbocycles. The average Bonchev–Trinajstić information content (AvgIpc) is 3.07. The molecular weight excluding hydrogens is 606 g/mol. The van der Waals surface area contributed by atoms with Crippen LogP contribution < -0.4 is 10.1 Å². The Kier molecular flexibility index (Phi) is 9.16. The SMILES string of the molecule is COc1ccc(NC(=O)COC(=O)c2c3c(nc4ccccc24)/C(=C/c2ccc(C)cc2)CCC3)cc1S(=O)(=O)N1CCOCC1. The van der Waals surface area contributed by atoms with Crippen LogP contribution >= 0.6 is 0 Å². The fourth-order valence-corrected chi connectivity index (χ4v) is 7.44. The molecule has 6 rings (SSSR count). The molecule has 3 aromatic carbocycles. The summed E-state index contributed by atoms with van der Waals surface area (Å²) >= 11 is 0. The van der Waals surface area contributed by atoms with Crippen LogP contribution in [-0.2, 0) is 30.7 Å². The first-order valence-corrected chi connectivity index (χ1v) is 16.6. The zero-order valence-corrected chi connectivity index (χ0v) is 26.6. The smallest absolute Gasteiger partial charge is 0.339 e. The van der Waals surface area contributed by atoms with Gasteiger partial charge in [-0.15, -0.1) is 0 Å². The highest BCUT2D eigenvalue weighted by Gasteiger charge is 2.30. The maximum Gasteiger partial charge on any atom is 0.339 e. The Morgan fingerprint density at radius 3 is 2.54 bits per heavy atom. The summed E-state index contributed by atoms with van der Waals surface area (Å²) in [6.45, 7) is 2.51. The number of esters is 1. The summed E-state index contributed by atoms with van der Waals surface area (Å²) in [6, 6.07) is 20.0. The highest BCUT2D eigenvalue weighted by Crippen LogP contribution is 2.36. The number of hydrogen-bond acceptors (Lipinski definition) is 8. The van der Waals surface area contributed by atoms with Gasteiger partial charge in [0, 0.05) is 24.2 Å². The number of hydrogen-bond donors (Lipinski definition) is 1. The summed E-state index contributed by atoms with van der Waals surface area (Å²) in [6.07, 6.45) is 4.44. The van der Waals surface area contributed by atoms with Crippen LogP contribution in [0.1, 0.15) is 45.6 Å². The molecule has 10 nitrogen and oxygen atoms in total. The van der Waals surface area contributed by atoms with Gasteiger partial charge in [0.25, 0.3) is 5.91 Å². The lowest BCUT2D eigenvalue weighted by atomic mass is 9.86. The number of methoxy groups -OCH3 is 1. The highest BCUT2D eigenvalue weighted by atomic mass is 32.2. The zero-order valence-electron chi connectivity index (χ0n) is 25.7. The number of allylic oxidation sites excluding steroid dienone is 1. The van der Waals surface area contributed by atoms with Crippen LogP contribution in [0.2, 0.25) is 0 Å². The van der Waals surface area contributed by atoms with E-state index in [2.05, 4.69) is 35.7 Å². The number of anilines is 1. The lowest BCUT2D eigenvalue weighted by molar-refractivity contribution is -0.119. The van der Waals surface area contributed by atoms with Crippen LogP contribution in [0.25, 0.3) is 22.6 Å². The zero-order chi connectivity index (χ0) is 32.3. The number of nitrogens with one attached hydrogen (secondary N) is 1. The normalized spacial score (nSPS) is 16.2. The van der Waals surface area contributed by atoms with E-state index in [1.165, 1.54) is 35.2 Å². The highest BCUT2D eigenvalue weighted by molar-refractivity contribution is 7.89. The molecule has 2 aliphatic rings. The minimum absolute atomic E-state index is 0.0731. The molecule has 1 aliphatic heterocycles. The third-order valence-electron chi connectivity index (χ3n) is 8.16. The van der Waals surface area contributed by atoms with Gasteiger partial charge in [-0.25, -0.2) is 18.2 Å². The van der Waals surface area contributed by atoms with Crippen molar-refractivity contribution in [1.29, 1.82) is 0 Å². The predicted molar refractivity (Wildman–Crippen MR) is 175 cm³/mol. The van der Waals surface area contributed by atoms with Crippen molar-refractivity contribution in [2.75, 3.05) is 45.3 Å². The number of carbonyl (C=O) groups is 2. The molecular formula is C35H35N3O7S. The number of carbonyl (C=O) groups excluding carboxylic acids is 2. The van der Waals surface area contributed by atoms with Crippen LogP contribution in [0.3, 0.4) is 0 Å².